The molecule has 0 aliphatic rings. The summed E-state index contributed by atoms with van der Waals surface area (Å²) < 4.78 is 10.9. The van der Waals surface area contributed by atoms with E-state index in [1.807, 2.05) is 0 Å². The van der Waals surface area contributed by atoms with Crippen LogP contribution < -0.4 is 0 Å². The molecule has 0 aromatic rings. The van der Waals surface area contributed by atoms with E-state index in [9.17, 15) is 0 Å². The Hall–Kier alpha value is -0.0800. The summed E-state index contributed by atoms with van der Waals surface area (Å²) in [6.07, 6.45) is 4.57. The topological polar surface area (TPSA) is 18.5 Å². The van der Waals surface area contributed by atoms with Gasteiger partial charge in [0.25, 0.3) is 0 Å². The highest BCUT2D eigenvalue weighted by Crippen LogP contribution is 2.01. The molecule has 0 aliphatic heterocycles. The summed E-state index contributed by atoms with van der Waals surface area (Å²) in [5.74, 6) is 0.700. The van der Waals surface area contributed by atoms with Gasteiger partial charge < -0.3 is 9.47 Å². The average molecular weight is 202 g/mol. The molecule has 86 valence electrons. The van der Waals surface area contributed by atoms with E-state index < -0.39 is 0 Å². The van der Waals surface area contributed by atoms with Crippen molar-refractivity contribution >= 4 is 0 Å². The molecule has 0 bridgehead atoms. The molecule has 2 nitrogen and oxygen atoms in total. The maximum absolute atomic E-state index is 5.54. The normalized spacial score (nSPS) is 13.1. The monoisotopic (exact) mass is 202 g/mol. The van der Waals surface area contributed by atoms with E-state index in [0.717, 1.165) is 45.7 Å². The lowest BCUT2D eigenvalue weighted by Crippen LogP contribution is -2.06. The van der Waals surface area contributed by atoms with Gasteiger partial charge >= 0.3 is 0 Å². The van der Waals surface area contributed by atoms with Gasteiger partial charge in [-0.2, -0.15) is 0 Å². The van der Waals surface area contributed by atoms with E-state index in [1.54, 1.807) is 0 Å². The van der Waals surface area contributed by atoms with E-state index in [2.05, 4.69) is 20.8 Å². The minimum Gasteiger partial charge on any atom is -0.381 e. The lowest BCUT2D eigenvalue weighted by Gasteiger charge is -2.09. The van der Waals surface area contributed by atoms with Gasteiger partial charge in [-0.1, -0.05) is 27.2 Å². The summed E-state index contributed by atoms with van der Waals surface area (Å²) in [7, 11) is 0. The van der Waals surface area contributed by atoms with E-state index in [0.29, 0.717) is 5.92 Å². The summed E-state index contributed by atoms with van der Waals surface area (Å²) in [5, 5.41) is 0. The Labute approximate surface area is 89.0 Å². The van der Waals surface area contributed by atoms with E-state index in [-0.39, 0.29) is 0 Å². The van der Waals surface area contributed by atoms with Gasteiger partial charge in [-0.15, -0.1) is 0 Å². The zero-order valence-electron chi connectivity index (χ0n) is 10.1. The van der Waals surface area contributed by atoms with Crippen LogP contribution in [-0.2, 0) is 9.47 Å². The van der Waals surface area contributed by atoms with E-state index in [1.165, 1.54) is 6.42 Å². The Kier molecular flexibility index (Phi) is 10.9. The zero-order chi connectivity index (χ0) is 10.6. The van der Waals surface area contributed by atoms with Gasteiger partial charge in [0.05, 0.1) is 0 Å². The van der Waals surface area contributed by atoms with Crippen molar-refractivity contribution in [3.63, 3.8) is 0 Å². The molecule has 0 spiro atoms. The molecule has 0 saturated heterocycles. The lowest BCUT2D eigenvalue weighted by molar-refractivity contribution is 0.0861. The molecular weight excluding hydrogens is 176 g/mol. The third-order valence-corrected chi connectivity index (χ3v) is 2.28. The van der Waals surface area contributed by atoms with Crippen molar-refractivity contribution in [3.05, 3.63) is 0 Å². The van der Waals surface area contributed by atoms with Gasteiger partial charge in [0.2, 0.25) is 0 Å². The highest BCUT2D eigenvalue weighted by atomic mass is 16.5. The van der Waals surface area contributed by atoms with Crippen LogP contribution in [-0.4, -0.2) is 26.4 Å². The summed E-state index contributed by atoms with van der Waals surface area (Å²) in [5.41, 5.74) is 0. The average Bonchev–Trinajstić information content (AvgIpc) is 2.21. The number of hydrogen-bond donors (Lipinski definition) is 0. The second-order valence-corrected chi connectivity index (χ2v) is 3.91. The van der Waals surface area contributed by atoms with Crippen LogP contribution in [0.3, 0.4) is 0 Å². The highest BCUT2D eigenvalue weighted by molar-refractivity contribution is 4.46. The molecular formula is C12H26O2. The van der Waals surface area contributed by atoms with Gasteiger partial charge in [0, 0.05) is 26.4 Å². The fourth-order valence-electron chi connectivity index (χ4n) is 1.06. The van der Waals surface area contributed by atoms with Crippen molar-refractivity contribution in [2.75, 3.05) is 26.4 Å². The molecule has 0 N–H and O–H groups in total. The van der Waals surface area contributed by atoms with Gasteiger partial charge in [0.1, 0.15) is 0 Å². The van der Waals surface area contributed by atoms with Crippen molar-refractivity contribution in [1.82, 2.24) is 0 Å². The molecule has 1 atom stereocenters. The Morgan fingerprint density at radius 2 is 1.57 bits per heavy atom. The number of unbranched alkanes of at least 4 members (excludes halogenated alkanes) is 1. The van der Waals surface area contributed by atoms with Crippen LogP contribution >= 0.6 is 0 Å². The third-order valence-electron chi connectivity index (χ3n) is 2.28. The van der Waals surface area contributed by atoms with Crippen LogP contribution in [0.4, 0.5) is 0 Å². The first-order chi connectivity index (χ1) is 6.81. The van der Waals surface area contributed by atoms with Crippen LogP contribution in [0.15, 0.2) is 0 Å². The summed E-state index contributed by atoms with van der Waals surface area (Å²) in [4.78, 5) is 0. The molecule has 0 aliphatic carbocycles. The molecule has 0 radical (unpaired) electrons. The van der Waals surface area contributed by atoms with Gasteiger partial charge in [-0.3, -0.25) is 0 Å². The third kappa shape index (κ3) is 10.0. The molecule has 0 fully saturated rings. The first kappa shape index (κ1) is 13.9. The predicted octanol–water partition coefficient (Wildman–Crippen LogP) is 3.26. The standard InChI is InChI=1S/C12H26O2/c1-4-8-13-9-6-7-10-14-11-12(3)5-2/h12H,4-11H2,1-3H3. The number of hydrogen-bond acceptors (Lipinski definition) is 2. The first-order valence-electron chi connectivity index (χ1n) is 5.96. The molecule has 0 rings (SSSR count). The summed E-state index contributed by atoms with van der Waals surface area (Å²) >= 11 is 0. The number of rotatable bonds is 10. The van der Waals surface area contributed by atoms with Gasteiger partial charge in [-0.25, -0.2) is 0 Å². The fourth-order valence-corrected chi connectivity index (χ4v) is 1.06. The van der Waals surface area contributed by atoms with Crippen molar-refractivity contribution < 1.29 is 9.47 Å². The fraction of sp³-hybridized carbons (Fsp3) is 1.00. The molecule has 2 heteroatoms. The minimum absolute atomic E-state index is 0.700. The maximum Gasteiger partial charge on any atom is 0.0491 e. The summed E-state index contributed by atoms with van der Waals surface area (Å²) in [6.45, 7) is 10.1. The molecule has 1 unspecified atom stereocenters. The van der Waals surface area contributed by atoms with Crippen molar-refractivity contribution in [1.29, 1.82) is 0 Å². The maximum atomic E-state index is 5.54. The highest BCUT2D eigenvalue weighted by Gasteiger charge is 1.97. The Balaban J connectivity index is 2.92. The Morgan fingerprint density at radius 1 is 0.929 bits per heavy atom. The second kappa shape index (κ2) is 11.0. The summed E-state index contributed by atoms with van der Waals surface area (Å²) in [6, 6.07) is 0. The van der Waals surface area contributed by atoms with E-state index >= 15 is 0 Å². The SMILES string of the molecule is CCCOCCCCOCC(C)CC. The van der Waals surface area contributed by atoms with Crippen LogP contribution in [0.25, 0.3) is 0 Å². The smallest absolute Gasteiger partial charge is 0.0491 e. The lowest BCUT2D eigenvalue weighted by atomic mass is 10.1. The molecule has 0 saturated carbocycles. The van der Waals surface area contributed by atoms with Crippen molar-refractivity contribution in [3.8, 4) is 0 Å². The zero-order valence-corrected chi connectivity index (χ0v) is 10.1. The molecule has 0 heterocycles. The van der Waals surface area contributed by atoms with Gasteiger partial charge in [0.15, 0.2) is 0 Å². The van der Waals surface area contributed by atoms with Crippen molar-refractivity contribution in [2.24, 2.45) is 5.92 Å². The van der Waals surface area contributed by atoms with Crippen LogP contribution in [0, 0.1) is 5.92 Å². The minimum atomic E-state index is 0.700. The Bertz CT molecular complexity index is 104. The van der Waals surface area contributed by atoms with Crippen LogP contribution in [0.1, 0.15) is 46.5 Å². The van der Waals surface area contributed by atoms with Crippen LogP contribution in [0.2, 0.25) is 0 Å². The quantitative estimate of drug-likeness (QED) is 0.506. The molecule has 0 aromatic carbocycles. The van der Waals surface area contributed by atoms with E-state index in [4.69, 9.17) is 9.47 Å². The number of ether oxygens (including phenoxy) is 2. The first-order valence-corrected chi connectivity index (χ1v) is 5.96. The Morgan fingerprint density at radius 3 is 2.14 bits per heavy atom. The molecule has 0 aromatic heterocycles. The molecule has 0 amide bonds. The second-order valence-electron chi connectivity index (χ2n) is 3.91. The van der Waals surface area contributed by atoms with Crippen LogP contribution in [0.5, 0.6) is 0 Å². The van der Waals surface area contributed by atoms with Crippen molar-refractivity contribution in [2.45, 2.75) is 46.5 Å². The van der Waals surface area contributed by atoms with Gasteiger partial charge in [-0.05, 0) is 25.2 Å². The predicted molar refractivity (Wildman–Crippen MR) is 60.6 cm³/mol. The molecule has 14 heavy (non-hydrogen) atoms. The largest absolute Gasteiger partial charge is 0.381 e.